The van der Waals surface area contributed by atoms with Gasteiger partial charge in [-0.1, -0.05) is 12.1 Å². The lowest BCUT2D eigenvalue weighted by molar-refractivity contribution is 0.0858. The second kappa shape index (κ2) is 5.94. The van der Waals surface area contributed by atoms with Crippen LogP contribution in [0.3, 0.4) is 0 Å². The number of carbonyl (C=O) groups is 1. The lowest BCUT2D eigenvalue weighted by atomic mass is 9.90. The Balaban J connectivity index is 2.09. The molecule has 0 aliphatic carbocycles. The van der Waals surface area contributed by atoms with Gasteiger partial charge in [0.05, 0.1) is 11.1 Å². The molecule has 0 spiro atoms. The van der Waals surface area contributed by atoms with Gasteiger partial charge in [0, 0.05) is 25.2 Å². The number of carbonyl (C=O) groups excluding carboxylic acids is 1. The molecule has 1 fully saturated rings. The van der Waals surface area contributed by atoms with Crippen molar-refractivity contribution in [2.75, 3.05) is 27.2 Å². The summed E-state index contributed by atoms with van der Waals surface area (Å²) in [6.07, 6.45) is 2.09. The minimum absolute atomic E-state index is 0.00362. The first kappa shape index (κ1) is 16.0. The van der Waals surface area contributed by atoms with Crippen LogP contribution in [0.1, 0.15) is 35.8 Å². The van der Waals surface area contributed by atoms with E-state index in [1.807, 2.05) is 18.2 Å². The summed E-state index contributed by atoms with van der Waals surface area (Å²) in [4.78, 5) is 12.4. The number of fused-ring (bicyclic) bond motifs is 1. The van der Waals surface area contributed by atoms with E-state index < -0.39 is 0 Å². The molecule has 6 nitrogen and oxygen atoms in total. The summed E-state index contributed by atoms with van der Waals surface area (Å²) >= 11 is 0. The first-order valence-corrected chi connectivity index (χ1v) is 8.10. The van der Waals surface area contributed by atoms with Crippen molar-refractivity contribution in [3.05, 3.63) is 29.5 Å². The summed E-state index contributed by atoms with van der Waals surface area (Å²) < 4.78 is 2.13. The van der Waals surface area contributed by atoms with E-state index in [9.17, 15) is 4.79 Å². The van der Waals surface area contributed by atoms with Crippen LogP contribution in [0.15, 0.2) is 18.2 Å². The Morgan fingerprint density at radius 3 is 2.70 bits per heavy atom. The Morgan fingerprint density at radius 1 is 1.35 bits per heavy atom. The maximum absolute atomic E-state index is 12.4. The molecule has 6 heteroatoms. The Hall–Kier alpha value is -1.92. The zero-order chi connectivity index (χ0) is 16.6. The molecular weight excluding hydrogens is 290 g/mol. The number of hydrazine groups is 1. The number of amides is 1. The fourth-order valence-electron chi connectivity index (χ4n) is 3.38. The summed E-state index contributed by atoms with van der Waals surface area (Å²) in [6.45, 7) is 6.35. The van der Waals surface area contributed by atoms with E-state index in [1.165, 1.54) is 0 Å². The highest BCUT2D eigenvalue weighted by molar-refractivity contribution is 6.05. The van der Waals surface area contributed by atoms with E-state index in [-0.39, 0.29) is 11.4 Å². The minimum Gasteiger partial charge on any atom is -0.317 e. The second-order valence-electron chi connectivity index (χ2n) is 6.78. The van der Waals surface area contributed by atoms with Crippen molar-refractivity contribution in [1.82, 2.24) is 25.5 Å². The van der Waals surface area contributed by atoms with Gasteiger partial charge in [0.1, 0.15) is 5.52 Å². The van der Waals surface area contributed by atoms with Crippen molar-refractivity contribution in [2.24, 2.45) is 0 Å². The SMILES string of the molecule is Cc1c2cccc(C(=O)NN(C)C)c2nn1C1(C)CCNCC1. The normalized spacial score (nSPS) is 17.6. The van der Waals surface area contributed by atoms with Gasteiger partial charge in [-0.05, 0) is 45.8 Å². The van der Waals surface area contributed by atoms with Gasteiger partial charge >= 0.3 is 0 Å². The molecule has 1 amide bonds. The number of piperidine rings is 1. The number of nitrogens with one attached hydrogen (secondary N) is 2. The lowest BCUT2D eigenvalue weighted by Gasteiger charge is -2.35. The molecule has 1 aromatic heterocycles. The molecular formula is C17H25N5O. The van der Waals surface area contributed by atoms with Gasteiger partial charge in [-0.25, -0.2) is 5.01 Å². The third-order valence-corrected chi connectivity index (χ3v) is 4.71. The van der Waals surface area contributed by atoms with E-state index in [2.05, 4.69) is 29.3 Å². The zero-order valence-corrected chi connectivity index (χ0v) is 14.3. The van der Waals surface area contributed by atoms with Crippen molar-refractivity contribution < 1.29 is 4.79 Å². The molecule has 0 atom stereocenters. The van der Waals surface area contributed by atoms with Crippen molar-refractivity contribution >= 4 is 16.8 Å². The van der Waals surface area contributed by atoms with Gasteiger partial charge in [-0.2, -0.15) is 5.10 Å². The van der Waals surface area contributed by atoms with E-state index in [0.717, 1.165) is 42.5 Å². The van der Waals surface area contributed by atoms with Gasteiger partial charge in [0.15, 0.2) is 0 Å². The van der Waals surface area contributed by atoms with Crippen LogP contribution in [0.2, 0.25) is 0 Å². The van der Waals surface area contributed by atoms with Gasteiger partial charge in [-0.15, -0.1) is 0 Å². The van der Waals surface area contributed by atoms with Crippen LogP contribution < -0.4 is 10.7 Å². The Kier molecular flexibility index (Phi) is 4.12. The molecule has 0 bridgehead atoms. The standard InChI is InChI=1S/C17H25N5O/c1-12-13-6-5-7-14(16(23)20-21(3)4)15(13)19-22(12)17(2)8-10-18-11-9-17/h5-7,18H,8-11H2,1-4H3,(H,20,23). The number of hydrogen-bond acceptors (Lipinski definition) is 4. The summed E-state index contributed by atoms with van der Waals surface area (Å²) in [5.41, 5.74) is 5.34. The third-order valence-electron chi connectivity index (χ3n) is 4.71. The lowest BCUT2D eigenvalue weighted by Crippen LogP contribution is -2.43. The number of rotatable bonds is 3. The van der Waals surface area contributed by atoms with Gasteiger partial charge < -0.3 is 5.32 Å². The molecule has 1 aromatic carbocycles. The summed E-state index contributed by atoms with van der Waals surface area (Å²) in [5, 5.41) is 11.0. The topological polar surface area (TPSA) is 62.2 Å². The first-order chi connectivity index (χ1) is 10.9. The molecule has 0 saturated carbocycles. The van der Waals surface area contributed by atoms with Crippen LogP contribution in [0.25, 0.3) is 10.9 Å². The van der Waals surface area contributed by atoms with E-state index in [4.69, 9.17) is 5.10 Å². The van der Waals surface area contributed by atoms with Crippen LogP contribution in [-0.2, 0) is 5.54 Å². The predicted molar refractivity (Wildman–Crippen MR) is 91.4 cm³/mol. The predicted octanol–water partition coefficient (Wildman–Crippen LogP) is 1.65. The molecule has 1 aliphatic rings. The zero-order valence-electron chi connectivity index (χ0n) is 14.3. The fraction of sp³-hybridized carbons (Fsp3) is 0.529. The van der Waals surface area contributed by atoms with Gasteiger partial charge in [0.25, 0.3) is 5.91 Å². The van der Waals surface area contributed by atoms with Crippen molar-refractivity contribution in [3.63, 3.8) is 0 Å². The molecule has 1 saturated heterocycles. The van der Waals surface area contributed by atoms with Crippen molar-refractivity contribution in [3.8, 4) is 0 Å². The van der Waals surface area contributed by atoms with Crippen LogP contribution in [0.4, 0.5) is 0 Å². The molecule has 0 unspecified atom stereocenters. The van der Waals surface area contributed by atoms with Crippen LogP contribution in [-0.4, -0.2) is 47.9 Å². The van der Waals surface area contributed by atoms with Crippen molar-refractivity contribution in [2.45, 2.75) is 32.2 Å². The van der Waals surface area contributed by atoms with Gasteiger partial charge in [0.2, 0.25) is 0 Å². The molecule has 2 heterocycles. The quantitative estimate of drug-likeness (QED) is 0.846. The third kappa shape index (κ3) is 2.84. The molecule has 23 heavy (non-hydrogen) atoms. The van der Waals surface area contributed by atoms with E-state index in [1.54, 1.807) is 19.1 Å². The number of aryl methyl sites for hydroxylation is 1. The average Bonchev–Trinajstić information content (AvgIpc) is 2.85. The molecule has 0 radical (unpaired) electrons. The summed E-state index contributed by atoms with van der Waals surface area (Å²) in [5.74, 6) is -0.124. The Labute approximate surface area is 136 Å². The number of benzene rings is 1. The van der Waals surface area contributed by atoms with Gasteiger partial charge in [-0.3, -0.25) is 14.9 Å². The molecule has 2 aromatic rings. The highest BCUT2D eigenvalue weighted by atomic mass is 16.2. The molecule has 124 valence electrons. The fourth-order valence-corrected chi connectivity index (χ4v) is 3.38. The highest BCUT2D eigenvalue weighted by Gasteiger charge is 2.32. The Bertz CT molecular complexity index is 728. The van der Waals surface area contributed by atoms with Crippen LogP contribution in [0, 0.1) is 6.92 Å². The highest BCUT2D eigenvalue weighted by Crippen LogP contribution is 2.31. The van der Waals surface area contributed by atoms with Crippen LogP contribution >= 0.6 is 0 Å². The van der Waals surface area contributed by atoms with Crippen molar-refractivity contribution in [1.29, 1.82) is 0 Å². The monoisotopic (exact) mass is 315 g/mol. The van der Waals surface area contributed by atoms with E-state index >= 15 is 0 Å². The van der Waals surface area contributed by atoms with Crippen LogP contribution in [0.5, 0.6) is 0 Å². The maximum atomic E-state index is 12.4. The summed E-state index contributed by atoms with van der Waals surface area (Å²) in [7, 11) is 3.61. The molecule has 1 aliphatic heterocycles. The minimum atomic E-state index is -0.124. The largest absolute Gasteiger partial charge is 0.317 e. The first-order valence-electron chi connectivity index (χ1n) is 8.10. The number of hydrogen-bond donors (Lipinski definition) is 2. The molecule has 3 rings (SSSR count). The average molecular weight is 315 g/mol. The number of aromatic nitrogens is 2. The number of nitrogens with zero attached hydrogens (tertiary/aromatic N) is 3. The smallest absolute Gasteiger partial charge is 0.267 e. The summed E-state index contributed by atoms with van der Waals surface area (Å²) in [6, 6.07) is 5.81. The van der Waals surface area contributed by atoms with E-state index in [0.29, 0.717) is 5.56 Å². The second-order valence-corrected chi connectivity index (χ2v) is 6.78. The Morgan fingerprint density at radius 2 is 2.04 bits per heavy atom. The maximum Gasteiger partial charge on any atom is 0.267 e. The molecule has 2 N–H and O–H groups in total.